The minimum atomic E-state index is -0.0784. The molecule has 1 aliphatic carbocycles. The van der Waals surface area contributed by atoms with E-state index in [1.807, 2.05) is 19.2 Å². The van der Waals surface area contributed by atoms with Crippen molar-refractivity contribution in [2.75, 3.05) is 18.5 Å². The molecule has 0 heterocycles. The number of hydrogen-bond donors (Lipinski definition) is 1. The van der Waals surface area contributed by atoms with E-state index in [0.717, 1.165) is 17.8 Å². The van der Waals surface area contributed by atoms with Gasteiger partial charge in [0.15, 0.2) is 0 Å². The fourth-order valence-corrected chi connectivity index (χ4v) is 3.15. The van der Waals surface area contributed by atoms with Crippen molar-refractivity contribution in [3.63, 3.8) is 0 Å². The first kappa shape index (κ1) is 15.3. The number of rotatable bonds is 6. The van der Waals surface area contributed by atoms with E-state index in [-0.39, 0.29) is 5.82 Å². The molecule has 0 aromatic heterocycles. The molecule has 1 N–H and O–H groups in total. The molecule has 0 amide bonds. The van der Waals surface area contributed by atoms with E-state index in [9.17, 15) is 4.39 Å². The van der Waals surface area contributed by atoms with Crippen LogP contribution in [0.15, 0.2) is 18.2 Å². The summed E-state index contributed by atoms with van der Waals surface area (Å²) in [6.07, 6.45) is 4.95. The van der Waals surface area contributed by atoms with Crippen molar-refractivity contribution in [2.45, 2.75) is 52.1 Å². The summed E-state index contributed by atoms with van der Waals surface area (Å²) in [7, 11) is 1.88. The Morgan fingerprint density at radius 2 is 2.00 bits per heavy atom. The zero-order valence-electron chi connectivity index (χ0n) is 13.0. The van der Waals surface area contributed by atoms with Crippen LogP contribution in [0.25, 0.3) is 0 Å². The fraction of sp³-hybridized carbons (Fsp3) is 0.647. The maximum absolute atomic E-state index is 14.5. The Kier molecular flexibility index (Phi) is 5.41. The normalized spacial score (nSPS) is 16.1. The summed E-state index contributed by atoms with van der Waals surface area (Å²) in [5, 5.41) is 3.07. The molecule has 2 nitrogen and oxygen atoms in total. The lowest BCUT2D eigenvalue weighted by Gasteiger charge is -2.33. The highest BCUT2D eigenvalue weighted by atomic mass is 19.1. The third-order valence-electron chi connectivity index (χ3n) is 4.03. The van der Waals surface area contributed by atoms with Gasteiger partial charge in [0.2, 0.25) is 0 Å². The van der Waals surface area contributed by atoms with Gasteiger partial charge in [0.25, 0.3) is 0 Å². The molecule has 0 aliphatic heterocycles. The first-order valence-electron chi connectivity index (χ1n) is 7.81. The molecule has 112 valence electrons. The predicted molar refractivity (Wildman–Crippen MR) is 83.6 cm³/mol. The quantitative estimate of drug-likeness (QED) is 0.847. The molecule has 20 heavy (non-hydrogen) atoms. The molecule has 1 saturated carbocycles. The minimum absolute atomic E-state index is 0.0784. The third-order valence-corrected chi connectivity index (χ3v) is 4.03. The van der Waals surface area contributed by atoms with Crippen LogP contribution in [0.3, 0.4) is 0 Å². The Labute approximate surface area is 122 Å². The molecule has 1 aromatic carbocycles. The van der Waals surface area contributed by atoms with Crippen LogP contribution in [-0.2, 0) is 6.54 Å². The molecule has 2 rings (SSSR count). The van der Waals surface area contributed by atoms with Crippen LogP contribution in [0, 0.1) is 11.7 Å². The van der Waals surface area contributed by atoms with Gasteiger partial charge in [0, 0.05) is 19.1 Å². The second-order valence-electron chi connectivity index (χ2n) is 6.30. The van der Waals surface area contributed by atoms with E-state index in [0.29, 0.717) is 18.5 Å². The van der Waals surface area contributed by atoms with E-state index in [1.165, 1.54) is 25.7 Å². The lowest BCUT2D eigenvalue weighted by atomic mass is 10.1. The third kappa shape index (κ3) is 3.72. The number of nitrogens with one attached hydrogen (secondary N) is 1. The average Bonchev–Trinajstić information content (AvgIpc) is 2.90. The Bertz CT molecular complexity index is 425. The van der Waals surface area contributed by atoms with Gasteiger partial charge in [0.05, 0.1) is 5.69 Å². The molecule has 0 spiro atoms. The van der Waals surface area contributed by atoms with Crippen molar-refractivity contribution < 1.29 is 4.39 Å². The molecule has 1 aromatic rings. The molecular formula is C17H27FN2. The molecule has 1 fully saturated rings. The van der Waals surface area contributed by atoms with Crippen molar-refractivity contribution in [2.24, 2.45) is 5.92 Å². The number of hydrogen-bond acceptors (Lipinski definition) is 2. The van der Waals surface area contributed by atoms with Crippen LogP contribution in [0.1, 0.15) is 45.1 Å². The fourth-order valence-electron chi connectivity index (χ4n) is 3.15. The molecule has 0 saturated heterocycles. The summed E-state index contributed by atoms with van der Waals surface area (Å²) in [4.78, 5) is 2.30. The maximum Gasteiger partial charge on any atom is 0.146 e. The van der Waals surface area contributed by atoms with Gasteiger partial charge in [-0.25, -0.2) is 4.39 Å². The molecular weight excluding hydrogens is 251 g/mol. The molecule has 3 heteroatoms. The van der Waals surface area contributed by atoms with Gasteiger partial charge in [0.1, 0.15) is 5.82 Å². The van der Waals surface area contributed by atoms with Gasteiger partial charge >= 0.3 is 0 Å². The van der Waals surface area contributed by atoms with E-state index >= 15 is 0 Å². The van der Waals surface area contributed by atoms with Crippen LogP contribution in [0.2, 0.25) is 0 Å². The lowest BCUT2D eigenvalue weighted by molar-refractivity contribution is 0.520. The van der Waals surface area contributed by atoms with Crippen LogP contribution in [0.4, 0.5) is 10.1 Å². The van der Waals surface area contributed by atoms with Crippen molar-refractivity contribution in [1.29, 1.82) is 0 Å². The monoisotopic (exact) mass is 278 g/mol. The van der Waals surface area contributed by atoms with E-state index in [2.05, 4.69) is 24.1 Å². The minimum Gasteiger partial charge on any atom is -0.366 e. The molecule has 0 atom stereocenters. The van der Waals surface area contributed by atoms with Crippen molar-refractivity contribution in [3.05, 3.63) is 29.6 Å². The van der Waals surface area contributed by atoms with Crippen LogP contribution in [-0.4, -0.2) is 19.6 Å². The summed E-state index contributed by atoms with van der Waals surface area (Å²) in [5.41, 5.74) is 1.79. The van der Waals surface area contributed by atoms with Crippen molar-refractivity contribution in [3.8, 4) is 0 Å². The average molecular weight is 278 g/mol. The highest BCUT2D eigenvalue weighted by Crippen LogP contribution is 2.31. The Morgan fingerprint density at radius 3 is 2.55 bits per heavy atom. The van der Waals surface area contributed by atoms with Gasteiger partial charge in [-0.05, 0) is 43.5 Å². The van der Waals surface area contributed by atoms with Gasteiger partial charge in [-0.3, -0.25) is 0 Å². The topological polar surface area (TPSA) is 15.3 Å². The maximum atomic E-state index is 14.5. The van der Waals surface area contributed by atoms with E-state index < -0.39 is 0 Å². The summed E-state index contributed by atoms with van der Waals surface area (Å²) < 4.78 is 14.5. The van der Waals surface area contributed by atoms with Crippen LogP contribution >= 0.6 is 0 Å². The Morgan fingerprint density at radius 1 is 1.30 bits per heavy atom. The van der Waals surface area contributed by atoms with Crippen molar-refractivity contribution in [1.82, 2.24) is 5.32 Å². The summed E-state index contributed by atoms with van der Waals surface area (Å²) in [6, 6.07) is 6.19. The zero-order valence-corrected chi connectivity index (χ0v) is 13.0. The SMILES string of the molecule is CNCc1ccc(N(CC(C)C)C2CCCC2)c(F)c1. The molecule has 0 bridgehead atoms. The smallest absolute Gasteiger partial charge is 0.146 e. The van der Waals surface area contributed by atoms with Crippen molar-refractivity contribution >= 4 is 5.69 Å². The van der Waals surface area contributed by atoms with Crippen LogP contribution in [0.5, 0.6) is 0 Å². The number of benzene rings is 1. The number of halogens is 1. The standard InChI is InChI=1S/C17H27FN2/c1-13(2)12-20(15-6-4-5-7-15)17-9-8-14(11-19-3)10-16(17)18/h8-10,13,15,19H,4-7,11-12H2,1-3H3. The van der Waals surface area contributed by atoms with Gasteiger partial charge in [-0.1, -0.05) is 32.8 Å². The summed E-state index contributed by atoms with van der Waals surface area (Å²) in [5.74, 6) is 0.470. The highest BCUT2D eigenvalue weighted by molar-refractivity contribution is 5.50. The molecule has 0 radical (unpaired) electrons. The second-order valence-corrected chi connectivity index (χ2v) is 6.30. The van der Waals surface area contributed by atoms with E-state index in [4.69, 9.17) is 0 Å². The number of anilines is 1. The first-order valence-corrected chi connectivity index (χ1v) is 7.81. The van der Waals surface area contributed by atoms with Gasteiger partial charge in [-0.15, -0.1) is 0 Å². The lowest BCUT2D eigenvalue weighted by Crippen LogP contribution is -2.37. The predicted octanol–water partition coefficient (Wildman–Crippen LogP) is 3.95. The van der Waals surface area contributed by atoms with E-state index in [1.54, 1.807) is 6.07 Å². The Hall–Kier alpha value is -1.09. The Balaban J connectivity index is 2.23. The first-order chi connectivity index (χ1) is 9.61. The van der Waals surface area contributed by atoms with Gasteiger partial charge < -0.3 is 10.2 Å². The summed E-state index contributed by atoms with van der Waals surface area (Å²) >= 11 is 0. The zero-order chi connectivity index (χ0) is 14.5. The highest BCUT2D eigenvalue weighted by Gasteiger charge is 2.25. The van der Waals surface area contributed by atoms with Crippen LogP contribution < -0.4 is 10.2 Å². The summed E-state index contributed by atoms with van der Waals surface area (Å²) in [6.45, 7) is 6.06. The number of nitrogens with zero attached hydrogens (tertiary/aromatic N) is 1. The largest absolute Gasteiger partial charge is 0.366 e. The second kappa shape index (κ2) is 7.07. The molecule has 1 aliphatic rings. The molecule has 0 unspecified atom stereocenters. The van der Waals surface area contributed by atoms with Gasteiger partial charge in [-0.2, -0.15) is 0 Å².